The van der Waals surface area contributed by atoms with Crippen molar-refractivity contribution in [3.05, 3.63) is 0 Å². The van der Waals surface area contributed by atoms with Crippen LogP contribution in [-0.4, -0.2) is 50.9 Å². The number of aliphatic carboxylic acids is 1. The fourth-order valence-corrected chi connectivity index (χ4v) is 1.37. The van der Waals surface area contributed by atoms with Crippen molar-refractivity contribution in [1.82, 2.24) is 0 Å². The fraction of sp³-hybridized carbons (Fsp3) is 0.929. The molecule has 0 saturated carbocycles. The van der Waals surface area contributed by atoms with Gasteiger partial charge in [-0.2, -0.15) is 0 Å². The van der Waals surface area contributed by atoms with Crippen molar-refractivity contribution in [2.75, 3.05) is 40.4 Å². The smallest absolute Gasteiger partial charge is 0.102 e. The molecule has 0 aliphatic carbocycles. The maximum Gasteiger partial charge on any atom is 0.102 e. The Morgan fingerprint density at radius 2 is 1.72 bits per heavy atom. The van der Waals surface area contributed by atoms with Gasteiger partial charge in [0.15, 0.2) is 0 Å². The summed E-state index contributed by atoms with van der Waals surface area (Å²) in [6, 6.07) is 0. The molecule has 0 amide bonds. The number of quaternary nitrogens is 1. The lowest BCUT2D eigenvalue weighted by Crippen LogP contribution is -2.45. The number of unbranched alkanes of at least 4 members (excludes halogenated alkanes) is 2. The van der Waals surface area contributed by atoms with Crippen molar-refractivity contribution in [1.29, 1.82) is 0 Å². The molecule has 0 unspecified atom stereocenters. The van der Waals surface area contributed by atoms with Crippen LogP contribution in [-0.2, 0) is 9.53 Å². The van der Waals surface area contributed by atoms with Crippen LogP contribution in [0.3, 0.4) is 0 Å². The third kappa shape index (κ3) is 13.5. The van der Waals surface area contributed by atoms with Gasteiger partial charge >= 0.3 is 0 Å². The first kappa shape index (κ1) is 19.7. The van der Waals surface area contributed by atoms with E-state index >= 15 is 0 Å². The Morgan fingerprint density at radius 3 is 2.06 bits per heavy atom. The Kier molecular flexibility index (Phi) is 14.1. The Bertz CT molecular complexity index is 191. The first-order chi connectivity index (χ1) is 8.45. The molecule has 0 rings (SSSR count). The minimum absolute atomic E-state index is 0.216. The second-order valence-electron chi connectivity index (χ2n) is 4.80. The SMILES string of the molecule is CCCCCC(=O)[O-].CC[N+](C)(CC)CCOC. The zero-order valence-corrected chi connectivity index (χ0v) is 12.8. The summed E-state index contributed by atoms with van der Waals surface area (Å²) in [5.41, 5.74) is 0. The molecule has 0 aromatic heterocycles. The molecule has 0 spiro atoms. The number of carbonyl (C=O) groups excluding carboxylic acids is 1. The van der Waals surface area contributed by atoms with Gasteiger partial charge in [-0.25, -0.2) is 0 Å². The summed E-state index contributed by atoms with van der Waals surface area (Å²) in [4.78, 5) is 9.76. The van der Waals surface area contributed by atoms with Crippen molar-refractivity contribution in [2.24, 2.45) is 0 Å². The predicted molar refractivity (Wildman–Crippen MR) is 73.2 cm³/mol. The van der Waals surface area contributed by atoms with E-state index in [-0.39, 0.29) is 6.42 Å². The summed E-state index contributed by atoms with van der Waals surface area (Å²) in [6.45, 7) is 10.9. The van der Waals surface area contributed by atoms with Crippen LogP contribution in [0.15, 0.2) is 0 Å². The van der Waals surface area contributed by atoms with Crippen LogP contribution in [0.4, 0.5) is 0 Å². The second-order valence-corrected chi connectivity index (χ2v) is 4.80. The first-order valence-corrected chi connectivity index (χ1v) is 6.98. The summed E-state index contributed by atoms with van der Waals surface area (Å²) in [7, 11) is 4.02. The highest BCUT2D eigenvalue weighted by Gasteiger charge is 2.14. The van der Waals surface area contributed by atoms with Gasteiger partial charge in [0.05, 0.1) is 26.7 Å². The number of hydrogen-bond donors (Lipinski definition) is 0. The summed E-state index contributed by atoms with van der Waals surface area (Å²) >= 11 is 0. The highest BCUT2D eigenvalue weighted by molar-refractivity contribution is 5.63. The average molecular weight is 261 g/mol. The lowest BCUT2D eigenvalue weighted by atomic mass is 10.2. The van der Waals surface area contributed by atoms with Crippen LogP contribution < -0.4 is 5.11 Å². The molecule has 0 aromatic carbocycles. The zero-order chi connectivity index (χ0) is 14.4. The number of hydrogen-bond acceptors (Lipinski definition) is 3. The molecule has 0 bridgehead atoms. The standard InChI is InChI=1S/C8H20NO.C6H12O2/c1-5-9(3,6-2)7-8-10-4;1-2-3-4-5-6(7)8/h5-8H2,1-4H3;2-5H2,1H3,(H,7,8)/q+1;/p-1. The second kappa shape index (κ2) is 12.8. The van der Waals surface area contributed by atoms with Crippen LogP contribution in [0, 0.1) is 0 Å². The summed E-state index contributed by atoms with van der Waals surface area (Å²) < 4.78 is 6.14. The molecule has 0 atom stereocenters. The maximum absolute atomic E-state index is 9.76. The highest BCUT2D eigenvalue weighted by Crippen LogP contribution is 1.99. The van der Waals surface area contributed by atoms with Crippen LogP contribution in [0.2, 0.25) is 0 Å². The molecule has 4 nitrogen and oxygen atoms in total. The van der Waals surface area contributed by atoms with E-state index in [0.717, 1.165) is 36.9 Å². The Balaban J connectivity index is 0. The quantitative estimate of drug-likeness (QED) is 0.466. The number of rotatable bonds is 9. The van der Waals surface area contributed by atoms with Crippen molar-refractivity contribution in [2.45, 2.75) is 46.5 Å². The molecule has 0 fully saturated rings. The number of carboxylic acid groups (broad SMARTS) is 1. The maximum atomic E-state index is 9.76. The van der Waals surface area contributed by atoms with Crippen LogP contribution in [0.5, 0.6) is 0 Å². The molecule has 4 heteroatoms. The molecular weight excluding hydrogens is 230 g/mol. The lowest BCUT2D eigenvalue weighted by Gasteiger charge is -2.31. The minimum Gasteiger partial charge on any atom is -0.550 e. The molecule has 18 heavy (non-hydrogen) atoms. The van der Waals surface area contributed by atoms with Gasteiger partial charge in [0.2, 0.25) is 0 Å². The zero-order valence-electron chi connectivity index (χ0n) is 12.8. The molecule has 110 valence electrons. The van der Waals surface area contributed by atoms with E-state index in [4.69, 9.17) is 4.74 Å². The molecular formula is C14H31NO3. The third-order valence-corrected chi connectivity index (χ3v) is 3.35. The van der Waals surface area contributed by atoms with Crippen molar-refractivity contribution < 1.29 is 19.1 Å². The van der Waals surface area contributed by atoms with Gasteiger partial charge in [-0.15, -0.1) is 0 Å². The number of methoxy groups -OCH3 is 1. The van der Waals surface area contributed by atoms with Crippen molar-refractivity contribution in [3.63, 3.8) is 0 Å². The Hall–Kier alpha value is -0.610. The first-order valence-electron chi connectivity index (χ1n) is 6.98. The van der Waals surface area contributed by atoms with Gasteiger partial charge in [-0.3, -0.25) is 0 Å². The van der Waals surface area contributed by atoms with Gasteiger partial charge in [-0.1, -0.05) is 19.8 Å². The predicted octanol–water partition coefficient (Wildman–Crippen LogP) is 1.44. The molecule has 0 N–H and O–H groups in total. The normalized spacial score (nSPS) is 10.7. The molecule has 0 radical (unpaired) electrons. The number of ether oxygens (including phenoxy) is 1. The van der Waals surface area contributed by atoms with E-state index in [2.05, 4.69) is 20.9 Å². The molecule has 0 heterocycles. The van der Waals surface area contributed by atoms with Crippen LogP contribution in [0.25, 0.3) is 0 Å². The molecule has 0 aromatic rings. The van der Waals surface area contributed by atoms with Gasteiger partial charge in [0, 0.05) is 13.1 Å². The van der Waals surface area contributed by atoms with Crippen molar-refractivity contribution in [3.8, 4) is 0 Å². The van der Waals surface area contributed by atoms with Gasteiger partial charge in [0.25, 0.3) is 0 Å². The van der Waals surface area contributed by atoms with E-state index in [1.165, 1.54) is 13.1 Å². The summed E-state index contributed by atoms with van der Waals surface area (Å²) in [5.74, 6) is -0.932. The van der Waals surface area contributed by atoms with E-state index in [0.29, 0.717) is 0 Å². The van der Waals surface area contributed by atoms with Gasteiger partial charge in [-0.05, 0) is 26.7 Å². The summed E-state index contributed by atoms with van der Waals surface area (Å²) in [6.07, 6.45) is 3.04. The van der Waals surface area contributed by atoms with Gasteiger partial charge < -0.3 is 19.1 Å². The Labute approximate surface area is 113 Å². The lowest BCUT2D eigenvalue weighted by molar-refractivity contribution is -0.906. The average Bonchev–Trinajstić information content (AvgIpc) is 2.37. The largest absolute Gasteiger partial charge is 0.550 e. The number of likely N-dealkylation sites (N-methyl/N-ethyl adjacent to an activating group) is 1. The third-order valence-electron chi connectivity index (χ3n) is 3.35. The van der Waals surface area contributed by atoms with Crippen LogP contribution >= 0.6 is 0 Å². The number of nitrogens with zero attached hydrogens (tertiary/aromatic N) is 1. The Morgan fingerprint density at radius 1 is 1.17 bits per heavy atom. The van der Waals surface area contributed by atoms with Gasteiger partial charge in [0.1, 0.15) is 6.54 Å². The van der Waals surface area contributed by atoms with E-state index in [1.54, 1.807) is 7.11 Å². The highest BCUT2D eigenvalue weighted by atomic mass is 16.5. The minimum atomic E-state index is -0.932. The summed E-state index contributed by atoms with van der Waals surface area (Å²) in [5, 5.41) is 9.76. The monoisotopic (exact) mass is 261 g/mol. The van der Waals surface area contributed by atoms with E-state index in [1.807, 2.05) is 6.92 Å². The molecule has 0 aliphatic rings. The molecule has 0 saturated heterocycles. The van der Waals surface area contributed by atoms with Crippen molar-refractivity contribution >= 4 is 5.97 Å². The molecule has 0 aliphatic heterocycles. The van der Waals surface area contributed by atoms with E-state index < -0.39 is 5.97 Å². The fourth-order valence-electron chi connectivity index (χ4n) is 1.37. The van der Waals surface area contributed by atoms with Crippen LogP contribution in [0.1, 0.15) is 46.5 Å². The van der Waals surface area contributed by atoms with E-state index in [9.17, 15) is 9.90 Å². The number of carbonyl (C=O) groups is 1. The number of carboxylic acids is 1. The topological polar surface area (TPSA) is 49.4 Å².